The highest BCUT2D eigenvalue weighted by Crippen LogP contribution is 2.28. The first-order valence-corrected chi connectivity index (χ1v) is 7.35. The van der Waals surface area contributed by atoms with Crippen molar-refractivity contribution < 1.29 is 14.7 Å². The third-order valence-electron chi connectivity index (χ3n) is 3.85. The van der Waals surface area contributed by atoms with Gasteiger partial charge in [0.15, 0.2) is 0 Å². The van der Waals surface area contributed by atoms with E-state index in [4.69, 9.17) is 5.73 Å². The quantitative estimate of drug-likeness (QED) is 0.586. The van der Waals surface area contributed by atoms with Crippen molar-refractivity contribution in [1.82, 2.24) is 5.32 Å². The maximum absolute atomic E-state index is 11.9. The van der Waals surface area contributed by atoms with Gasteiger partial charge in [0.25, 0.3) is 0 Å². The maximum Gasteiger partial charge on any atom is 0.329 e. The minimum Gasteiger partial charge on any atom is -0.480 e. The number of carbonyl (C=O) groups excluding carboxylic acids is 1. The van der Waals surface area contributed by atoms with Crippen molar-refractivity contribution in [2.45, 2.75) is 69.7 Å². The number of carboxylic acids is 1. The van der Waals surface area contributed by atoms with Crippen LogP contribution in [0, 0.1) is 0 Å². The minimum absolute atomic E-state index is 0.128. The Morgan fingerprint density at radius 3 is 2.26 bits per heavy atom. The number of rotatable bonds is 8. The molecule has 1 rings (SSSR count). The van der Waals surface area contributed by atoms with E-state index in [0.717, 1.165) is 44.9 Å². The number of amides is 1. The molecule has 0 atom stereocenters. The van der Waals surface area contributed by atoms with Crippen LogP contribution in [0.1, 0.15) is 64.2 Å². The molecular formula is C14H26N2O3. The van der Waals surface area contributed by atoms with Gasteiger partial charge >= 0.3 is 5.97 Å². The molecule has 4 N–H and O–H groups in total. The summed E-state index contributed by atoms with van der Waals surface area (Å²) in [5.41, 5.74) is 4.39. The molecule has 5 heteroatoms. The molecule has 1 aliphatic carbocycles. The number of aliphatic carboxylic acids is 1. The molecule has 1 saturated carbocycles. The molecule has 0 heterocycles. The first kappa shape index (κ1) is 16.0. The predicted octanol–water partition coefficient (Wildman–Crippen LogP) is 1.80. The molecule has 0 aromatic heterocycles. The standard InChI is InChI=1S/C14H26N2O3/c15-11-7-2-1-4-8-12(17)16-14(13(18)19)9-5-3-6-10-14/h1-11,15H2,(H,16,17)(H,18,19). The van der Waals surface area contributed by atoms with E-state index in [1.165, 1.54) is 0 Å². The number of carboxylic acid groups (broad SMARTS) is 1. The van der Waals surface area contributed by atoms with Gasteiger partial charge < -0.3 is 16.2 Å². The smallest absolute Gasteiger partial charge is 0.329 e. The fourth-order valence-corrected chi connectivity index (χ4v) is 2.66. The Labute approximate surface area is 114 Å². The van der Waals surface area contributed by atoms with Crippen molar-refractivity contribution in [1.29, 1.82) is 0 Å². The van der Waals surface area contributed by atoms with E-state index < -0.39 is 11.5 Å². The molecule has 0 spiro atoms. The van der Waals surface area contributed by atoms with Crippen molar-refractivity contribution in [2.24, 2.45) is 5.73 Å². The zero-order chi connectivity index (χ0) is 14.1. The Balaban J connectivity index is 2.33. The fourth-order valence-electron chi connectivity index (χ4n) is 2.66. The number of hydrogen-bond donors (Lipinski definition) is 3. The highest BCUT2D eigenvalue weighted by Gasteiger charge is 2.40. The van der Waals surface area contributed by atoms with E-state index >= 15 is 0 Å². The molecule has 0 aromatic carbocycles. The molecule has 0 aromatic rings. The summed E-state index contributed by atoms with van der Waals surface area (Å²) in [4.78, 5) is 23.3. The van der Waals surface area contributed by atoms with Crippen LogP contribution in [-0.4, -0.2) is 29.1 Å². The number of nitrogens with one attached hydrogen (secondary N) is 1. The Hall–Kier alpha value is -1.10. The molecule has 0 bridgehead atoms. The van der Waals surface area contributed by atoms with Crippen LogP contribution in [-0.2, 0) is 9.59 Å². The van der Waals surface area contributed by atoms with Crippen molar-refractivity contribution in [3.63, 3.8) is 0 Å². The Kier molecular flexibility index (Phi) is 6.84. The van der Waals surface area contributed by atoms with Crippen LogP contribution in [0.3, 0.4) is 0 Å². The lowest BCUT2D eigenvalue weighted by molar-refractivity contribution is -0.149. The van der Waals surface area contributed by atoms with Crippen LogP contribution in [0.2, 0.25) is 0 Å². The van der Waals surface area contributed by atoms with E-state index in [9.17, 15) is 14.7 Å². The summed E-state index contributed by atoms with van der Waals surface area (Å²) in [5.74, 6) is -1.01. The molecule has 1 amide bonds. The summed E-state index contributed by atoms with van der Waals surface area (Å²) in [5, 5.41) is 12.1. The van der Waals surface area contributed by atoms with Crippen molar-refractivity contribution in [2.75, 3.05) is 6.54 Å². The maximum atomic E-state index is 11.9. The third kappa shape index (κ3) is 5.19. The molecule has 0 aliphatic heterocycles. The van der Waals surface area contributed by atoms with Crippen molar-refractivity contribution in [3.05, 3.63) is 0 Å². The highest BCUT2D eigenvalue weighted by molar-refractivity contribution is 5.87. The first-order valence-electron chi connectivity index (χ1n) is 7.35. The number of hydrogen-bond acceptors (Lipinski definition) is 3. The van der Waals surface area contributed by atoms with E-state index in [2.05, 4.69) is 5.32 Å². The molecule has 0 radical (unpaired) electrons. The second-order valence-corrected chi connectivity index (χ2v) is 5.45. The molecule has 0 unspecified atom stereocenters. The minimum atomic E-state index is -1.01. The number of unbranched alkanes of at least 4 members (excludes halogenated alkanes) is 3. The van der Waals surface area contributed by atoms with Crippen LogP contribution in [0.25, 0.3) is 0 Å². The van der Waals surface area contributed by atoms with Gasteiger partial charge in [0, 0.05) is 6.42 Å². The summed E-state index contributed by atoms with van der Waals surface area (Å²) in [6, 6.07) is 0. The Bertz CT molecular complexity index is 299. The van der Waals surface area contributed by atoms with E-state index in [1.54, 1.807) is 0 Å². The second kappa shape index (κ2) is 8.15. The van der Waals surface area contributed by atoms with Crippen molar-refractivity contribution in [3.8, 4) is 0 Å². The normalized spacial score (nSPS) is 17.9. The lowest BCUT2D eigenvalue weighted by Crippen LogP contribution is -2.55. The highest BCUT2D eigenvalue weighted by atomic mass is 16.4. The van der Waals surface area contributed by atoms with E-state index in [1.807, 2.05) is 0 Å². The molecule has 110 valence electrons. The largest absolute Gasteiger partial charge is 0.480 e. The molecule has 1 fully saturated rings. The van der Waals surface area contributed by atoms with Crippen LogP contribution in [0.15, 0.2) is 0 Å². The van der Waals surface area contributed by atoms with Gasteiger partial charge in [0.1, 0.15) is 5.54 Å². The molecular weight excluding hydrogens is 244 g/mol. The molecule has 19 heavy (non-hydrogen) atoms. The summed E-state index contributed by atoms with van der Waals surface area (Å²) in [6.45, 7) is 0.689. The summed E-state index contributed by atoms with van der Waals surface area (Å²) in [7, 11) is 0. The van der Waals surface area contributed by atoms with Gasteiger partial charge in [-0.25, -0.2) is 4.79 Å². The number of carbonyl (C=O) groups is 2. The summed E-state index contributed by atoms with van der Waals surface area (Å²) in [6.07, 6.45) is 8.15. The average Bonchev–Trinajstić information content (AvgIpc) is 2.39. The zero-order valence-corrected chi connectivity index (χ0v) is 11.6. The third-order valence-corrected chi connectivity index (χ3v) is 3.85. The SMILES string of the molecule is NCCCCCCC(=O)NC1(C(=O)O)CCCCC1. The van der Waals surface area contributed by atoms with Crippen LogP contribution in [0.4, 0.5) is 0 Å². The van der Waals surface area contributed by atoms with Gasteiger partial charge in [-0.2, -0.15) is 0 Å². The lowest BCUT2D eigenvalue weighted by Gasteiger charge is -2.34. The van der Waals surface area contributed by atoms with Gasteiger partial charge in [0.2, 0.25) is 5.91 Å². The van der Waals surface area contributed by atoms with Gasteiger partial charge in [-0.1, -0.05) is 32.1 Å². The van der Waals surface area contributed by atoms with Crippen LogP contribution in [0.5, 0.6) is 0 Å². The number of nitrogens with two attached hydrogens (primary N) is 1. The van der Waals surface area contributed by atoms with Gasteiger partial charge in [-0.15, -0.1) is 0 Å². The molecule has 5 nitrogen and oxygen atoms in total. The first-order chi connectivity index (χ1) is 9.10. The lowest BCUT2D eigenvalue weighted by atomic mass is 9.81. The van der Waals surface area contributed by atoms with E-state index in [0.29, 0.717) is 25.8 Å². The zero-order valence-electron chi connectivity index (χ0n) is 11.6. The second-order valence-electron chi connectivity index (χ2n) is 5.45. The van der Waals surface area contributed by atoms with Gasteiger partial charge in [-0.3, -0.25) is 4.79 Å². The Morgan fingerprint density at radius 2 is 1.68 bits per heavy atom. The monoisotopic (exact) mass is 270 g/mol. The topological polar surface area (TPSA) is 92.4 Å². The summed E-state index contributed by atoms with van der Waals surface area (Å²) >= 11 is 0. The van der Waals surface area contributed by atoms with Crippen LogP contribution < -0.4 is 11.1 Å². The average molecular weight is 270 g/mol. The fraction of sp³-hybridized carbons (Fsp3) is 0.857. The van der Waals surface area contributed by atoms with Gasteiger partial charge in [0.05, 0.1) is 0 Å². The predicted molar refractivity (Wildman–Crippen MR) is 73.7 cm³/mol. The molecule has 1 aliphatic rings. The van der Waals surface area contributed by atoms with Crippen molar-refractivity contribution >= 4 is 11.9 Å². The van der Waals surface area contributed by atoms with Gasteiger partial charge in [-0.05, 0) is 32.2 Å². The summed E-state index contributed by atoms with van der Waals surface area (Å²) < 4.78 is 0. The Morgan fingerprint density at radius 1 is 1.05 bits per heavy atom. The molecule has 0 saturated heterocycles. The van der Waals surface area contributed by atoms with Crippen LogP contribution >= 0.6 is 0 Å². The van der Waals surface area contributed by atoms with E-state index in [-0.39, 0.29) is 5.91 Å².